The van der Waals surface area contributed by atoms with Gasteiger partial charge in [0.05, 0.1) is 0 Å². The van der Waals surface area contributed by atoms with Crippen molar-refractivity contribution in [2.75, 3.05) is 6.54 Å². The van der Waals surface area contributed by atoms with E-state index in [1.54, 1.807) is 0 Å². The van der Waals surface area contributed by atoms with E-state index in [-0.39, 0.29) is 18.2 Å². The second-order valence-corrected chi connectivity index (χ2v) is 3.46. The first-order valence-electron chi connectivity index (χ1n) is 5.08. The average molecular weight is 226 g/mol. The zero-order valence-electron chi connectivity index (χ0n) is 8.85. The van der Waals surface area contributed by atoms with Crippen LogP contribution in [0.25, 0.3) is 0 Å². The Kier molecular flexibility index (Phi) is 4.65. The minimum atomic E-state index is -0.449. The van der Waals surface area contributed by atoms with Crippen LogP contribution in [0.3, 0.4) is 0 Å². The first kappa shape index (κ1) is 12.4. The normalized spacial score (nSPS) is 14.7. The molecule has 2 N–H and O–H groups in total. The van der Waals surface area contributed by atoms with E-state index in [9.17, 15) is 14.4 Å². The largest absolute Gasteiger partial charge is 0.373 e. The number of unbranched alkanes of at least 4 members (excludes halogenated alkanes) is 2. The summed E-state index contributed by atoms with van der Waals surface area (Å²) in [7, 11) is 0. The van der Waals surface area contributed by atoms with Crippen molar-refractivity contribution in [1.29, 1.82) is 0 Å². The quantitative estimate of drug-likeness (QED) is 0.387. The molecule has 0 aromatic heterocycles. The molecule has 0 bridgehead atoms. The lowest BCUT2D eigenvalue weighted by molar-refractivity contribution is -0.144. The van der Waals surface area contributed by atoms with Gasteiger partial charge >= 0.3 is 5.97 Å². The van der Waals surface area contributed by atoms with Gasteiger partial charge in [0.15, 0.2) is 0 Å². The summed E-state index contributed by atoms with van der Waals surface area (Å²) in [6, 6.07) is 0. The molecule has 2 amide bonds. The number of carbonyl (C=O) groups is 3. The highest BCUT2D eigenvalue weighted by Gasteiger charge is 2.22. The lowest BCUT2D eigenvalue weighted by atomic mass is 10.2. The van der Waals surface area contributed by atoms with E-state index >= 15 is 0 Å². The number of imide groups is 1. The SMILES string of the molecule is NOC(=O)CCCCCN1C(=O)C=CC1=O. The molecule has 1 aliphatic rings. The second-order valence-electron chi connectivity index (χ2n) is 3.46. The van der Waals surface area contributed by atoms with Gasteiger partial charge in [-0.1, -0.05) is 6.42 Å². The first-order chi connectivity index (χ1) is 7.65. The Morgan fingerprint density at radius 2 is 1.81 bits per heavy atom. The molecule has 0 aromatic rings. The molecule has 0 spiro atoms. The van der Waals surface area contributed by atoms with E-state index in [4.69, 9.17) is 0 Å². The zero-order chi connectivity index (χ0) is 12.0. The maximum Gasteiger partial charge on any atom is 0.324 e. The molecule has 0 fully saturated rings. The summed E-state index contributed by atoms with van der Waals surface area (Å²) in [6.07, 6.45) is 4.84. The van der Waals surface area contributed by atoms with Gasteiger partial charge in [-0.05, 0) is 12.8 Å². The van der Waals surface area contributed by atoms with E-state index < -0.39 is 5.97 Å². The number of carbonyl (C=O) groups excluding carboxylic acids is 3. The summed E-state index contributed by atoms with van der Waals surface area (Å²) in [5.41, 5.74) is 0. The van der Waals surface area contributed by atoms with E-state index in [1.807, 2.05) is 0 Å². The highest BCUT2D eigenvalue weighted by atomic mass is 16.7. The minimum Gasteiger partial charge on any atom is -0.373 e. The molecule has 0 aliphatic carbocycles. The number of amides is 2. The third-order valence-corrected chi connectivity index (χ3v) is 2.29. The van der Waals surface area contributed by atoms with Gasteiger partial charge in [-0.2, -0.15) is 5.90 Å². The molecule has 0 unspecified atom stereocenters. The number of hydrogen-bond donors (Lipinski definition) is 1. The van der Waals surface area contributed by atoms with Crippen LogP contribution in [-0.4, -0.2) is 29.2 Å². The zero-order valence-corrected chi connectivity index (χ0v) is 8.85. The fraction of sp³-hybridized carbons (Fsp3) is 0.500. The minimum absolute atomic E-state index is 0.261. The average Bonchev–Trinajstić information content (AvgIpc) is 2.59. The van der Waals surface area contributed by atoms with Crippen LogP contribution in [0.15, 0.2) is 12.2 Å². The molecule has 0 radical (unpaired) electrons. The fourth-order valence-electron chi connectivity index (χ4n) is 1.43. The fourth-order valence-corrected chi connectivity index (χ4v) is 1.43. The van der Waals surface area contributed by atoms with Gasteiger partial charge in [0, 0.05) is 25.1 Å². The van der Waals surface area contributed by atoms with Crippen molar-refractivity contribution in [3.05, 3.63) is 12.2 Å². The summed E-state index contributed by atoms with van der Waals surface area (Å²) in [5.74, 6) is 3.67. The van der Waals surface area contributed by atoms with E-state index in [1.165, 1.54) is 17.1 Å². The van der Waals surface area contributed by atoms with Crippen molar-refractivity contribution >= 4 is 17.8 Å². The van der Waals surface area contributed by atoms with Gasteiger partial charge in [-0.15, -0.1) is 0 Å². The maximum absolute atomic E-state index is 11.1. The van der Waals surface area contributed by atoms with Crippen LogP contribution >= 0.6 is 0 Å². The van der Waals surface area contributed by atoms with E-state index in [0.29, 0.717) is 19.4 Å². The molecule has 1 rings (SSSR count). The molecule has 0 atom stereocenters. The van der Waals surface area contributed by atoms with Crippen LogP contribution in [-0.2, 0) is 19.2 Å². The van der Waals surface area contributed by atoms with Gasteiger partial charge < -0.3 is 4.84 Å². The van der Waals surface area contributed by atoms with Crippen LogP contribution in [0.1, 0.15) is 25.7 Å². The van der Waals surface area contributed by atoms with Gasteiger partial charge in [-0.25, -0.2) is 0 Å². The Bertz CT molecular complexity index is 307. The highest BCUT2D eigenvalue weighted by molar-refractivity contribution is 6.12. The van der Waals surface area contributed by atoms with Gasteiger partial charge in [-0.3, -0.25) is 19.3 Å². The Hall–Kier alpha value is -1.69. The van der Waals surface area contributed by atoms with Gasteiger partial charge in [0.25, 0.3) is 11.8 Å². The lowest BCUT2D eigenvalue weighted by Gasteiger charge is -2.12. The molecule has 0 saturated carbocycles. The van der Waals surface area contributed by atoms with Crippen molar-refractivity contribution in [2.45, 2.75) is 25.7 Å². The summed E-state index contributed by atoms with van der Waals surface area (Å²) >= 11 is 0. The number of nitrogens with two attached hydrogens (primary N) is 1. The molecule has 6 heteroatoms. The smallest absolute Gasteiger partial charge is 0.324 e. The molecular weight excluding hydrogens is 212 g/mol. The Morgan fingerprint density at radius 3 is 2.38 bits per heavy atom. The second kappa shape index (κ2) is 6.02. The Morgan fingerprint density at radius 1 is 1.19 bits per heavy atom. The maximum atomic E-state index is 11.1. The third-order valence-electron chi connectivity index (χ3n) is 2.29. The van der Waals surface area contributed by atoms with Crippen LogP contribution < -0.4 is 5.90 Å². The highest BCUT2D eigenvalue weighted by Crippen LogP contribution is 2.07. The van der Waals surface area contributed by atoms with Crippen molar-refractivity contribution < 1.29 is 19.2 Å². The van der Waals surface area contributed by atoms with Crippen LogP contribution in [0, 0.1) is 0 Å². The summed E-state index contributed by atoms with van der Waals surface area (Å²) < 4.78 is 0. The molecule has 0 aromatic carbocycles. The molecule has 6 nitrogen and oxygen atoms in total. The summed E-state index contributed by atoms with van der Waals surface area (Å²) in [4.78, 5) is 38.1. The van der Waals surface area contributed by atoms with Crippen molar-refractivity contribution in [2.24, 2.45) is 5.90 Å². The molecule has 0 saturated heterocycles. The standard InChI is InChI=1S/C10H14N2O4/c11-16-10(15)4-2-1-3-7-12-8(13)5-6-9(12)14/h5-6H,1-4,7,11H2. The van der Waals surface area contributed by atoms with Gasteiger partial charge in [0.1, 0.15) is 0 Å². The first-order valence-corrected chi connectivity index (χ1v) is 5.08. The Balaban J connectivity index is 2.10. The monoisotopic (exact) mass is 226 g/mol. The number of hydrogen-bond acceptors (Lipinski definition) is 5. The summed E-state index contributed by atoms with van der Waals surface area (Å²) in [5, 5.41) is 0. The lowest BCUT2D eigenvalue weighted by Crippen LogP contribution is -2.30. The van der Waals surface area contributed by atoms with Crippen molar-refractivity contribution in [3.8, 4) is 0 Å². The molecule has 1 aliphatic heterocycles. The molecular formula is C10H14N2O4. The van der Waals surface area contributed by atoms with Gasteiger partial charge in [0.2, 0.25) is 0 Å². The predicted octanol–water partition coefficient (Wildman–Crippen LogP) is -0.111. The third kappa shape index (κ3) is 3.47. The van der Waals surface area contributed by atoms with Crippen molar-refractivity contribution in [1.82, 2.24) is 4.90 Å². The Labute approximate surface area is 93.0 Å². The number of nitrogens with zero attached hydrogens (tertiary/aromatic N) is 1. The summed E-state index contributed by atoms with van der Waals surface area (Å²) in [6.45, 7) is 0.391. The van der Waals surface area contributed by atoms with Crippen molar-refractivity contribution in [3.63, 3.8) is 0 Å². The number of rotatable bonds is 6. The molecule has 88 valence electrons. The molecule has 1 heterocycles. The van der Waals surface area contributed by atoms with Crippen LogP contribution in [0.4, 0.5) is 0 Å². The van der Waals surface area contributed by atoms with E-state index in [0.717, 1.165) is 6.42 Å². The predicted molar refractivity (Wildman–Crippen MR) is 54.6 cm³/mol. The molecule has 16 heavy (non-hydrogen) atoms. The van der Waals surface area contributed by atoms with Crippen LogP contribution in [0.5, 0.6) is 0 Å². The van der Waals surface area contributed by atoms with Crippen LogP contribution in [0.2, 0.25) is 0 Å². The van der Waals surface area contributed by atoms with E-state index in [2.05, 4.69) is 10.7 Å². The topological polar surface area (TPSA) is 89.7 Å².